The van der Waals surface area contributed by atoms with E-state index in [9.17, 15) is 4.79 Å². The molecule has 0 spiro atoms. The first-order chi connectivity index (χ1) is 14.7. The van der Waals surface area contributed by atoms with Gasteiger partial charge in [0.25, 0.3) is 5.91 Å². The topological polar surface area (TPSA) is 50.8 Å². The zero-order valence-electron chi connectivity index (χ0n) is 18.0. The second-order valence-corrected chi connectivity index (χ2v) is 8.52. The smallest absolute Gasteiger partial charge is 0.251 e. The van der Waals surface area contributed by atoms with Gasteiger partial charge in [0.15, 0.2) is 11.5 Å². The molecule has 1 N–H and O–H groups in total. The molecule has 1 aliphatic carbocycles. The van der Waals surface area contributed by atoms with Crippen LogP contribution in [0.2, 0.25) is 0 Å². The van der Waals surface area contributed by atoms with Gasteiger partial charge in [-0.05, 0) is 74.9 Å². The predicted octanol–water partition coefficient (Wildman–Crippen LogP) is 4.05. The van der Waals surface area contributed by atoms with Gasteiger partial charge in [-0.25, -0.2) is 0 Å². The van der Waals surface area contributed by atoms with E-state index in [1.165, 1.54) is 24.0 Å². The van der Waals surface area contributed by atoms with E-state index in [-0.39, 0.29) is 5.91 Å². The maximum atomic E-state index is 12.1. The summed E-state index contributed by atoms with van der Waals surface area (Å²) in [6.45, 7) is 3.07. The van der Waals surface area contributed by atoms with Gasteiger partial charge in [0.2, 0.25) is 0 Å². The second-order valence-electron chi connectivity index (χ2n) is 8.52. The lowest BCUT2D eigenvalue weighted by Gasteiger charge is -2.32. The first-order valence-corrected chi connectivity index (χ1v) is 11.0. The summed E-state index contributed by atoms with van der Waals surface area (Å²) in [5, 5.41) is 3.05. The molecule has 4 rings (SSSR count). The largest absolute Gasteiger partial charge is 0.493 e. The molecule has 1 amide bonds. The van der Waals surface area contributed by atoms with Gasteiger partial charge < -0.3 is 14.8 Å². The summed E-state index contributed by atoms with van der Waals surface area (Å²) in [6, 6.07) is 14.7. The van der Waals surface area contributed by atoms with Gasteiger partial charge in [0, 0.05) is 23.7 Å². The molecule has 1 saturated carbocycles. The standard InChI is InChI=1S/C25H32N2O3/c1-29-23-5-3-4-21(24(23)30-2)17-27-14-12-19(13-15-27)16-18-6-8-20(9-7-18)25(28)26-22-10-11-22/h3-9,19,22H,10-17H2,1-2H3,(H,26,28). The minimum absolute atomic E-state index is 0.0605. The molecule has 160 valence electrons. The summed E-state index contributed by atoms with van der Waals surface area (Å²) in [5.74, 6) is 2.39. The van der Waals surface area contributed by atoms with Crippen LogP contribution in [0.5, 0.6) is 11.5 Å². The van der Waals surface area contributed by atoms with Crippen molar-refractivity contribution in [3.8, 4) is 11.5 Å². The van der Waals surface area contributed by atoms with Gasteiger partial charge in [-0.1, -0.05) is 24.3 Å². The summed E-state index contributed by atoms with van der Waals surface area (Å²) in [4.78, 5) is 14.6. The summed E-state index contributed by atoms with van der Waals surface area (Å²) < 4.78 is 11.0. The number of hydrogen-bond donors (Lipinski definition) is 1. The maximum Gasteiger partial charge on any atom is 0.251 e. The quantitative estimate of drug-likeness (QED) is 0.716. The van der Waals surface area contributed by atoms with Crippen LogP contribution in [0.15, 0.2) is 42.5 Å². The van der Waals surface area contributed by atoms with Crippen molar-refractivity contribution in [3.63, 3.8) is 0 Å². The SMILES string of the molecule is COc1cccc(CN2CCC(Cc3ccc(C(=O)NC4CC4)cc3)CC2)c1OC. The van der Waals surface area contributed by atoms with E-state index in [1.54, 1.807) is 14.2 Å². The number of ether oxygens (including phenoxy) is 2. The number of rotatable bonds is 8. The van der Waals surface area contributed by atoms with Crippen molar-refractivity contribution in [2.24, 2.45) is 5.92 Å². The van der Waals surface area contributed by atoms with E-state index in [0.29, 0.717) is 12.0 Å². The predicted molar refractivity (Wildman–Crippen MR) is 118 cm³/mol. The fraction of sp³-hybridized carbons (Fsp3) is 0.480. The molecule has 2 aromatic carbocycles. The van der Waals surface area contributed by atoms with E-state index in [4.69, 9.17) is 9.47 Å². The number of carbonyl (C=O) groups is 1. The lowest BCUT2D eigenvalue weighted by atomic mass is 9.89. The Morgan fingerprint density at radius 3 is 2.37 bits per heavy atom. The highest BCUT2D eigenvalue weighted by molar-refractivity contribution is 5.94. The Morgan fingerprint density at radius 2 is 1.73 bits per heavy atom. The van der Waals surface area contributed by atoms with Crippen molar-refractivity contribution in [2.45, 2.75) is 44.7 Å². The van der Waals surface area contributed by atoms with Crippen molar-refractivity contribution in [1.82, 2.24) is 10.2 Å². The number of para-hydroxylation sites is 1. The van der Waals surface area contributed by atoms with Crippen molar-refractivity contribution < 1.29 is 14.3 Å². The Hall–Kier alpha value is -2.53. The number of nitrogens with zero attached hydrogens (tertiary/aromatic N) is 1. The van der Waals surface area contributed by atoms with Crippen LogP contribution in [0.25, 0.3) is 0 Å². The van der Waals surface area contributed by atoms with E-state index < -0.39 is 0 Å². The van der Waals surface area contributed by atoms with Gasteiger partial charge in [0.1, 0.15) is 0 Å². The van der Waals surface area contributed by atoms with Crippen LogP contribution >= 0.6 is 0 Å². The Labute approximate surface area is 179 Å². The summed E-state index contributed by atoms with van der Waals surface area (Å²) in [6.07, 6.45) is 5.70. The van der Waals surface area contributed by atoms with Crippen LogP contribution in [0.3, 0.4) is 0 Å². The molecule has 0 aromatic heterocycles. The number of nitrogens with one attached hydrogen (secondary N) is 1. The van der Waals surface area contributed by atoms with Gasteiger partial charge >= 0.3 is 0 Å². The zero-order valence-corrected chi connectivity index (χ0v) is 18.0. The normalized spacial score (nSPS) is 17.5. The molecular weight excluding hydrogens is 376 g/mol. The number of carbonyl (C=O) groups excluding carboxylic acids is 1. The molecule has 0 atom stereocenters. The van der Waals surface area contributed by atoms with Crippen molar-refractivity contribution in [3.05, 3.63) is 59.2 Å². The highest BCUT2D eigenvalue weighted by Crippen LogP contribution is 2.32. The van der Waals surface area contributed by atoms with Gasteiger partial charge in [-0.15, -0.1) is 0 Å². The van der Waals surface area contributed by atoms with Gasteiger partial charge in [0.05, 0.1) is 14.2 Å². The van der Waals surface area contributed by atoms with Crippen LogP contribution in [0.1, 0.15) is 47.2 Å². The molecule has 1 aliphatic heterocycles. The van der Waals surface area contributed by atoms with Crippen LogP contribution < -0.4 is 14.8 Å². The van der Waals surface area contributed by atoms with Gasteiger partial charge in [-0.2, -0.15) is 0 Å². The molecule has 30 heavy (non-hydrogen) atoms. The Kier molecular flexibility index (Phi) is 6.58. The van der Waals surface area contributed by atoms with Crippen LogP contribution in [-0.4, -0.2) is 44.2 Å². The first kappa shape index (κ1) is 20.7. The Bertz CT molecular complexity index is 853. The summed E-state index contributed by atoms with van der Waals surface area (Å²) in [5.41, 5.74) is 3.27. The molecule has 2 aliphatic rings. The third kappa shape index (κ3) is 5.14. The van der Waals surface area contributed by atoms with E-state index >= 15 is 0 Å². The van der Waals surface area contributed by atoms with E-state index in [2.05, 4.69) is 28.4 Å². The number of methoxy groups -OCH3 is 2. The number of hydrogen-bond acceptors (Lipinski definition) is 4. The fourth-order valence-electron chi connectivity index (χ4n) is 4.29. The summed E-state index contributed by atoms with van der Waals surface area (Å²) >= 11 is 0. The Morgan fingerprint density at radius 1 is 1.00 bits per heavy atom. The molecule has 0 radical (unpaired) electrons. The highest BCUT2D eigenvalue weighted by Gasteiger charge is 2.24. The molecule has 0 unspecified atom stereocenters. The van der Waals surface area contributed by atoms with Crippen molar-refractivity contribution in [1.29, 1.82) is 0 Å². The monoisotopic (exact) mass is 408 g/mol. The summed E-state index contributed by atoms with van der Waals surface area (Å²) in [7, 11) is 3.38. The number of likely N-dealkylation sites (tertiary alicyclic amines) is 1. The molecule has 2 fully saturated rings. The average Bonchev–Trinajstić information content (AvgIpc) is 3.59. The van der Waals surface area contributed by atoms with Crippen molar-refractivity contribution >= 4 is 5.91 Å². The van der Waals surface area contributed by atoms with E-state index in [1.807, 2.05) is 24.3 Å². The molecule has 5 heteroatoms. The maximum absolute atomic E-state index is 12.1. The number of amides is 1. The third-order valence-corrected chi connectivity index (χ3v) is 6.24. The van der Waals surface area contributed by atoms with Crippen LogP contribution in [0, 0.1) is 5.92 Å². The lowest BCUT2D eigenvalue weighted by Crippen LogP contribution is -2.34. The molecule has 0 bridgehead atoms. The fourth-order valence-corrected chi connectivity index (χ4v) is 4.29. The van der Waals surface area contributed by atoms with Crippen molar-refractivity contribution in [2.75, 3.05) is 27.3 Å². The van der Waals surface area contributed by atoms with Crippen LogP contribution in [-0.2, 0) is 13.0 Å². The minimum Gasteiger partial charge on any atom is -0.493 e. The molecular formula is C25H32N2O3. The lowest BCUT2D eigenvalue weighted by molar-refractivity contribution is 0.0951. The molecule has 1 heterocycles. The Balaban J connectivity index is 1.27. The highest BCUT2D eigenvalue weighted by atomic mass is 16.5. The van der Waals surface area contributed by atoms with Gasteiger partial charge in [-0.3, -0.25) is 9.69 Å². The second kappa shape index (κ2) is 9.52. The zero-order chi connectivity index (χ0) is 20.9. The minimum atomic E-state index is 0.0605. The number of benzene rings is 2. The molecule has 1 saturated heterocycles. The third-order valence-electron chi connectivity index (χ3n) is 6.24. The first-order valence-electron chi connectivity index (χ1n) is 11.0. The molecule has 2 aromatic rings. The number of piperidine rings is 1. The van der Waals surface area contributed by atoms with Crippen LogP contribution in [0.4, 0.5) is 0 Å². The molecule has 5 nitrogen and oxygen atoms in total. The average molecular weight is 409 g/mol. The van der Waals surface area contributed by atoms with E-state index in [0.717, 1.165) is 56.0 Å².